The number of nitrogens with zero attached hydrogens (tertiary/aromatic N) is 2. The van der Waals surface area contributed by atoms with E-state index in [0.29, 0.717) is 23.8 Å². The third-order valence-electron chi connectivity index (χ3n) is 3.11. The lowest BCUT2D eigenvalue weighted by atomic mass is 10.1. The molecule has 0 unspecified atom stereocenters. The summed E-state index contributed by atoms with van der Waals surface area (Å²) < 4.78 is 0. The van der Waals surface area contributed by atoms with Crippen molar-refractivity contribution in [2.45, 2.75) is 13.3 Å². The van der Waals surface area contributed by atoms with Crippen LogP contribution in [0.5, 0.6) is 0 Å². The van der Waals surface area contributed by atoms with Gasteiger partial charge in [0, 0.05) is 24.7 Å². The second-order valence-corrected chi connectivity index (χ2v) is 4.91. The Kier molecular flexibility index (Phi) is 4.74. The third-order valence-corrected chi connectivity index (χ3v) is 3.41. The largest absolute Gasteiger partial charge is 0.335 e. The number of carbonyl (C=O) groups is 1. The van der Waals surface area contributed by atoms with E-state index >= 15 is 0 Å². The smallest absolute Gasteiger partial charge is 0.256 e. The van der Waals surface area contributed by atoms with Crippen molar-refractivity contribution in [3.05, 3.63) is 53.8 Å². The standard InChI is InChI=1S/C16H17ClN2O/c1-3-9-19(10-4-2)16(20)14-11-18-15(17)13-8-6-5-7-12(13)14/h3,5-8,11H,1,4,9-10H2,2H3. The van der Waals surface area contributed by atoms with Gasteiger partial charge in [-0.1, -0.05) is 48.9 Å². The molecule has 0 aliphatic carbocycles. The number of pyridine rings is 1. The lowest BCUT2D eigenvalue weighted by Gasteiger charge is -2.21. The number of aromatic nitrogens is 1. The van der Waals surface area contributed by atoms with Gasteiger partial charge < -0.3 is 4.90 Å². The van der Waals surface area contributed by atoms with E-state index in [9.17, 15) is 4.79 Å². The number of benzene rings is 1. The van der Waals surface area contributed by atoms with Gasteiger partial charge in [0.15, 0.2) is 0 Å². The maximum absolute atomic E-state index is 12.6. The minimum absolute atomic E-state index is 0.0351. The Labute approximate surface area is 123 Å². The first-order valence-electron chi connectivity index (χ1n) is 6.62. The molecule has 0 aliphatic rings. The van der Waals surface area contributed by atoms with Crippen molar-refractivity contribution in [1.82, 2.24) is 9.88 Å². The van der Waals surface area contributed by atoms with Crippen molar-refractivity contribution >= 4 is 28.3 Å². The molecule has 0 radical (unpaired) electrons. The molecule has 20 heavy (non-hydrogen) atoms. The zero-order chi connectivity index (χ0) is 14.5. The van der Waals surface area contributed by atoms with E-state index in [1.807, 2.05) is 31.2 Å². The number of amides is 1. The number of fused-ring (bicyclic) bond motifs is 1. The molecular formula is C16H17ClN2O. The average Bonchev–Trinajstić information content (AvgIpc) is 2.47. The molecule has 2 aromatic rings. The van der Waals surface area contributed by atoms with E-state index in [-0.39, 0.29) is 5.91 Å². The Hall–Kier alpha value is -1.87. The molecule has 1 aromatic heterocycles. The summed E-state index contributed by atoms with van der Waals surface area (Å²) in [7, 11) is 0. The van der Waals surface area contributed by atoms with Gasteiger partial charge in [-0.15, -0.1) is 6.58 Å². The lowest BCUT2D eigenvalue weighted by Crippen LogP contribution is -2.32. The highest BCUT2D eigenvalue weighted by atomic mass is 35.5. The highest BCUT2D eigenvalue weighted by molar-refractivity contribution is 6.34. The van der Waals surface area contributed by atoms with Crippen LogP contribution >= 0.6 is 11.6 Å². The summed E-state index contributed by atoms with van der Waals surface area (Å²) in [5.74, 6) is -0.0351. The Balaban J connectivity index is 2.49. The molecular weight excluding hydrogens is 272 g/mol. The Morgan fingerprint density at radius 2 is 2.10 bits per heavy atom. The molecule has 0 bridgehead atoms. The third kappa shape index (κ3) is 2.83. The van der Waals surface area contributed by atoms with Crippen LogP contribution in [0.3, 0.4) is 0 Å². The van der Waals surface area contributed by atoms with Gasteiger partial charge in [-0.3, -0.25) is 4.79 Å². The van der Waals surface area contributed by atoms with Gasteiger partial charge in [0.05, 0.1) is 5.56 Å². The van der Waals surface area contributed by atoms with Crippen molar-refractivity contribution in [2.75, 3.05) is 13.1 Å². The number of carbonyl (C=O) groups excluding carboxylic acids is 1. The molecule has 0 N–H and O–H groups in total. The van der Waals surface area contributed by atoms with Crippen LogP contribution in [0.4, 0.5) is 0 Å². The molecule has 104 valence electrons. The van der Waals surface area contributed by atoms with Crippen molar-refractivity contribution in [2.24, 2.45) is 0 Å². The highest BCUT2D eigenvalue weighted by Gasteiger charge is 2.17. The van der Waals surface area contributed by atoms with E-state index in [4.69, 9.17) is 11.6 Å². The molecule has 1 aromatic carbocycles. The quantitative estimate of drug-likeness (QED) is 0.617. The lowest BCUT2D eigenvalue weighted by molar-refractivity contribution is 0.0775. The van der Waals surface area contributed by atoms with E-state index in [1.54, 1.807) is 17.2 Å². The highest BCUT2D eigenvalue weighted by Crippen LogP contribution is 2.25. The predicted octanol–water partition coefficient (Wildman–Crippen LogP) is 3.93. The molecule has 0 spiro atoms. The number of halogens is 1. The Morgan fingerprint density at radius 1 is 1.40 bits per heavy atom. The molecule has 2 rings (SSSR count). The van der Waals surface area contributed by atoms with E-state index < -0.39 is 0 Å². The van der Waals surface area contributed by atoms with Gasteiger partial charge in [0.2, 0.25) is 0 Å². The zero-order valence-electron chi connectivity index (χ0n) is 11.5. The predicted molar refractivity (Wildman–Crippen MR) is 83.1 cm³/mol. The van der Waals surface area contributed by atoms with Crippen molar-refractivity contribution in [3.8, 4) is 0 Å². The summed E-state index contributed by atoms with van der Waals surface area (Å²) in [4.78, 5) is 18.5. The SMILES string of the molecule is C=CCN(CCC)C(=O)c1cnc(Cl)c2ccccc12. The number of hydrogen-bond acceptors (Lipinski definition) is 2. The van der Waals surface area contributed by atoms with Crippen LogP contribution < -0.4 is 0 Å². The zero-order valence-corrected chi connectivity index (χ0v) is 12.2. The number of rotatable bonds is 5. The molecule has 1 heterocycles. The average molecular weight is 289 g/mol. The topological polar surface area (TPSA) is 33.2 Å². The summed E-state index contributed by atoms with van der Waals surface area (Å²) in [6.45, 7) is 6.98. The second kappa shape index (κ2) is 6.53. The summed E-state index contributed by atoms with van der Waals surface area (Å²) in [6.07, 6.45) is 4.19. The Morgan fingerprint density at radius 3 is 2.75 bits per heavy atom. The van der Waals surface area contributed by atoms with Crippen LogP contribution in [0.2, 0.25) is 5.15 Å². The maximum Gasteiger partial charge on any atom is 0.256 e. The van der Waals surface area contributed by atoms with Gasteiger partial charge in [-0.25, -0.2) is 4.98 Å². The van der Waals surface area contributed by atoms with Gasteiger partial charge in [0.25, 0.3) is 5.91 Å². The fourth-order valence-corrected chi connectivity index (χ4v) is 2.41. The molecule has 1 amide bonds. The van der Waals surface area contributed by atoms with Gasteiger partial charge in [0.1, 0.15) is 5.15 Å². The van der Waals surface area contributed by atoms with Crippen molar-refractivity contribution < 1.29 is 4.79 Å². The molecule has 0 saturated carbocycles. The normalized spacial score (nSPS) is 10.5. The molecule has 0 fully saturated rings. The number of hydrogen-bond donors (Lipinski definition) is 0. The molecule has 3 nitrogen and oxygen atoms in total. The van der Waals surface area contributed by atoms with Crippen molar-refractivity contribution in [1.29, 1.82) is 0 Å². The first kappa shape index (κ1) is 14.5. The fraction of sp³-hybridized carbons (Fsp3) is 0.250. The first-order valence-corrected chi connectivity index (χ1v) is 7.00. The van der Waals surface area contributed by atoms with E-state index in [2.05, 4.69) is 11.6 Å². The van der Waals surface area contributed by atoms with Crippen LogP contribution in [0.15, 0.2) is 43.1 Å². The summed E-state index contributed by atoms with van der Waals surface area (Å²) >= 11 is 6.08. The van der Waals surface area contributed by atoms with Gasteiger partial charge in [-0.2, -0.15) is 0 Å². The van der Waals surface area contributed by atoms with Gasteiger partial charge >= 0.3 is 0 Å². The van der Waals surface area contributed by atoms with Gasteiger partial charge in [-0.05, 0) is 11.8 Å². The van der Waals surface area contributed by atoms with Crippen molar-refractivity contribution in [3.63, 3.8) is 0 Å². The fourth-order valence-electron chi connectivity index (χ4n) is 2.20. The Bertz CT molecular complexity index is 639. The summed E-state index contributed by atoms with van der Waals surface area (Å²) in [6, 6.07) is 7.55. The van der Waals surface area contributed by atoms with Crippen LogP contribution in [0.1, 0.15) is 23.7 Å². The van der Waals surface area contributed by atoms with Crippen LogP contribution in [-0.2, 0) is 0 Å². The maximum atomic E-state index is 12.6. The first-order chi connectivity index (χ1) is 9.69. The van der Waals surface area contributed by atoms with E-state index in [1.165, 1.54) is 0 Å². The van der Waals surface area contributed by atoms with Crippen LogP contribution in [0, 0.1) is 0 Å². The minimum atomic E-state index is -0.0351. The molecule has 0 saturated heterocycles. The molecule has 0 atom stereocenters. The van der Waals surface area contributed by atoms with Crippen LogP contribution in [-0.4, -0.2) is 28.9 Å². The monoisotopic (exact) mass is 288 g/mol. The van der Waals surface area contributed by atoms with Crippen LogP contribution in [0.25, 0.3) is 10.8 Å². The molecule has 0 aliphatic heterocycles. The minimum Gasteiger partial charge on any atom is -0.335 e. The summed E-state index contributed by atoms with van der Waals surface area (Å²) in [5, 5.41) is 2.06. The second-order valence-electron chi connectivity index (χ2n) is 4.55. The van der Waals surface area contributed by atoms with E-state index in [0.717, 1.165) is 17.2 Å². The molecule has 4 heteroatoms. The summed E-state index contributed by atoms with van der Waals surface area (Å²) in [5.41, 5.74) is 0.584.